The van der Waals surface area contributed by atoms with Crippen molar-refractivity contribution in [3.05, 3.63) is 11.3 Å². The Hall–Kier alpha value is -1.30. The monoisotopic (exact) mass is 206 g/mol. The van der Waals surface area contributed by atoms with Crippen molar-refractivity contribution in [1.29, 1.82) is 5.26 Å². The predicted octanol–water partition coefficient (Wildman–Crippen LogP) is 2.15. The molecule has 1 aliphatic rings. The molecule has 1 rings (SSSR count). The predicted molar refractivity (Wildman–Crippen MR) is 58.9 cm³/mol. The van der Waals surface area contributed by atoms with Crippen molar-refractivity contribution >= 4 is 5.78 Å². The van der Waals surface area contributed by atoms with E-state index < -0.39 is 0 Å². The molecule has 0 aromatic heterocycles. The smallest absolute Gasteiger partial charge is 0.175 e. The lowest BCUT2D eigenvalue weighted by Crippen LogP contribution is -2.33. The van der Waals surface area contributed by atoms with Gasteiger partial charge in [-0.25, -0.2) is 0 Å². The van der Waals surface area contributed by atoms with Crippen LogP contribution in [-0.2, 0) is 4.79 Å². The topological polar surface area (TPSA) is 52.9 Å². The average Bonchev–Trinajstić information content (AvgIpc) is 1.99. The van der Waals surface area contributed by atoms with Crippen molar-refractivity contribution in [3.8, 4) is 6.07 Å². The number of Topliss-reactive ketones (excluding diaryl/α,β-unsaturated/α-hetero) is 1. The SMILES string of the molecule is CC(C)NC1=C(C#N)C(=O)CC(C)(C)C1. The second-order valence-corrected chi connectivity index (χ2v) is 5.21. The quantitative estimate of drug-likeness (QED) is 0.753. The van der Waals surface area contributed by atoms with E-state index in [9.17, 15) is 4.79 Å². The highest BCUT2D eigenvalue weighted by molar-refractivity contribution is 6.01. The van der Waals surface area contributed by atoms with Crippen LogP contribution in [0, 0.1) is 16.7 Å². The molecule has 1 N–H and O–H groups in total. The summed E-state index contributed by atoms with van der Waals surface area (Å²) in [7, 11) is 0. The molecule has 0 aromatic rings. The van der Waals surface area contributed by atoms with E-state index in [0.717, 1.165) is 12.1 Å². The van der Waals surface area contributed by atoms with Crippen LogP contribution in [-0.4, -0.2) is 11.8 Å². The molecule has 0 bridgehead atoms. The van der Waals surface area contributed by atoms with Gasteiger partial charge < -0.3 is 5.32 Å². The van der Waals surface area contributed by atoms with Gasteiger partial charge in [-0.2, -0.15) is 5.26 Å². The van der Waals surface area contributed by atoms with Crippen LogP contribution >= 0.6 is 0 Å². The van der Waals surface area contributed by atoms with Crippen molar-refractivity contribution < 1.29 is 4.79 Å². The standard InChI is InChI=1S/C12H18N2O/c1-8(2)14-10-5-12(3,4)6-11(15)9(10)7-13/h8,14H,5-6H2,1-4H3. The molecule has 0 aliphatic heterocycles. The molecular formula is C12H18N2O. The average molecular weight is 206 g/mol. The van der Waals surface area contributed by atoms with Crippen molar-refractivity contribution in [1.82, 2.24) is 5.32 Å². The van der Waals surface area contributed by atoms with Gasteiger partial charge >= 0.3 is 0 Å². The zero-order chi connectivity index (χ0) is 11.6. The summed E-state index contributed by atoms with van der Waals surface area (Å²) in [5, 5.41) is 12.2. The zero-order valence-corrected chi connectivity index (χ0v) is 9.85. The molecule has 0 aromatic carbocycles. The number of nitrogens with zero attached hydrogens (tertiary/aromatic N) is 1. The number of carbonyl (C=O) groups excluding carboxylic acids is 1. The highest BCUT2D eigenvalue weighted by atomic mass is 16.1. The summed E-state index contributed by atoms with van der Waals surface area (Å²) in [5.41, 5.74) is 1.10. The zero-order valence-electron chi connectivity index (χ0n) is 9.85. The second-order valence-electron chi connectivity index (χ2n) is 5.21. The first-order valence-corrected chi connectivity index (χ1v) is 5.29. The molecule has 0 saturated carbocycles. The first-order chi connectivity index (χ1) is 6.85. The Morgan fingerprint density at radius 3 is 2.47 bits per heavy atom. The van der Waals surface area contributed by atoms with E-state index in [1.54, 1.807) is 0 Å². The number of rotatable bonds is 2. The Bertz CT molecular complexity index is 345. The van der Waals surface area contributed by atoms with E-state index in [2.05, 4.69) is 19.2 Å². The summed E-state index contributed by atoms with van der Waals surface area (Å²) >= 11 is 0. The first-order valence-electron chi connectivity index (χ1n) is 5.29. The third-order valence-electron chi connectivity index (χ3n) is 2.45. The molecule has 0 amide bonds. The van der Waals surface area contributed by atoms with Crippen LogP contribution in [0.3, 0.4) is 0 Å². The van der Waals surface area contributed by atoms with Gasteiger partial charge in [-0.1, -0.05) is 13.8 Å². The van der Waals surface area contributed by atoms with E-state index in [1.165, 1.54) is 0 Å². The number of nitriles is 1. The third kappa shape index (κ3) is 2.82. The Labute approximate surface area is 91.2 Å². The molecule has 0 spiro atoms. The third-order valence-corrected chi connectivity index (χ3v) is 2.45. The van der Waals surface area contributed by atoms with Crippen molar-refractivity contribution in [3.63, 3.8) is 0 Å². The first kappa shape index (κ1) is 11.8. The summed E-state index contributed by atoms with van der Waals surface area (Å²) < 4.78 is 0. The van der Waals surface area contributed by atoms with Gasteiger partial charge in [-0.05, 0) is 25.7 Å². The Morgan fingerprint density at radius 1 is 1.40 bits per heavy atom. The molecular weight excluding hydrogens is 188 g/mol. The van der Waals surface area contributed by atoms with Gasteiger partial charge in [0, 0.05) is 18.2 Å². The lowest BCUT2D eigenvalue weighted by atomic mass is 9.76. The highest BCUT2D eigenvalue weighted by Gasteiger charge is 2.33. The molecule has 0 atom stereocenters. The number of nitrogens with one attached hydrogen (secondary N) is 1. The lowest BCUT2D eigenvalue weighted by Gasteiger charge is -2.31. The molecule has 3 heteroatoms. The number of hydrogen-bond donors (Lipinski definition) is 1. The van der Waals surface area contributed by atoms with E-state index in [4.69, 9.17) is 5.26 Å². The fraction of sp³-hybridized carbons (Fsp3) is 0.667. The van der Waals surface area contributed by atoms with Crippen LogP contribution in [0.1, 0.15) is 40.5 Å². The summed E-state index contributed by atoms with van der Waals surface area (Å²) in [5.74, 6) is -0.0306. The van der Waals surface area contributed by atoms with E-state index >= 15 is 0 Å². The van der Waals surface area contributed by atoms with Gasteiger partial charge in [0.25, 0.3) is 0 Å². The molecule has 0 fully saturated rings. The molecule has 0 heterocycles. The highest BCUT2D eigenvalue weighted by Crippen LogP contribution is 2.35. The van der Waals surface area contributed by atoms with Gasteiger partial charge in [-0.3, -0.25) is 4.79 Å². The van der Waals surface area contributed by atoms with E-state index in [0.29, 0.717) is 12.0 Å². The molecule has 3 nitrogen and oxygen atoms in total. The minimum absolute atomic E-state index is 0.0306. The van der Waals surface area contributed by atoms with Crippen molar-refractivity contribution in [2.45, 2.75) is 46.6 Å². The molecule has 0 saturated heterocycles. The largest absolute Gasteiger partial charge is 0.385 e. The van der Waals surface area contributed by atoms with Gasteiger partial charge in [0.2, 0.25) is 0 Å². The minimum Gasteiger partial charge on any atom is -0.385 e. The molecule has 15 heavy (non-hydrogen) atoms. The van der Waals surface area contributed by atoms with Crippen LogP contribution in [0.4, 0.5) is 0 Å². The van der Waals surface area contributed by atoms with E-state index in [-0.39, 0.29) is 17.2 Å². The normalized spacial score (nSPS) is 20.4. The van der Waals surface area contributed by atoms with Gasteiger partial charge in [0.1, 0.15) is 11.6 Å². The Balaban J connectivity index is 3.04. The van der Waals surface area contributed by atoms with Crippen LogP contribution in [0.25, 0.3) is 0 Å². The van der Waals surface area contributed by atoms with Gasteiger partial charge in [-0.15, -0.1) is 0 Å². The van der Waals surface area contributed by atoms with Crippen LogP contribution < -0.4 is 5.32 Å². The fourth-order valence-electron chi connectivity index (χ4n) is 1.92. The van der Waals surface area contributed by atoms with Crippen molar-refractivity contribution in [2.24, 2.45) is 5.41 Å². The Morgan fingerprint density at radius 2 is 2.00 bits per heavy atom. The van der Waals surface area contributed by atoms with Gasteiger partial charge in [0.05, 0.1) is 0 Å². The maximum Gasteiger partial charge on any atom is 0.175 e. The molecule has 82 valence electrons. The maximum absolute atomic E-state index is 11.7. The fourth-order valence-corrected chi connectivity index (χ4v) is 1.92. The lowest BCUT2D eigenvalue weighted by molar-refractivity contribution is -0.117. The summed E-state index contributed by atoms with van der Waals surface area (Å²) in [4.78, 5) is 11.7. The number of allylic oxidation sites excluding steroid dienone is 2. The van der Waals surface area contributed by atoms with Crippen LogP contribution in [0.2, 0.25) is 0 Å². The second kappa shape index (κ2) is 4.06. The summed E-state index contributed by atoms with van der Waals surface area (Å²) in [6.45, 7) is 8.13. The summed E-state index contributed by atoms with van der Waals surface area (Å²) in [6, 6.07) is 2.27. The van der Waals surface area contributed by atoms with Crippen molar-refractivity contribution in [2.75, 3.05) is 0 Å². The maximum atomic E-state index is 11.7. The Kier molecular flexibility index (Phi) is 3.18. The number of ketones is 1. The van der Waals surface area contributed by atoms with E-state index in [1.807, 2.05) is 19.9 Å². The van der Waals surface area contributed by atoms with Crippen LogP contribution in [0.15, 0.2) is 11.3 Å². The molecule has 0 radical (unpaired) electrons. The van der Waals surface area contributed by atoms with Crippen LogP contribution in [0.5, 0.6) is 0 Å². The minimum atomic E-state index is -0.0331. The molecule has 0 unspecified atom stereocenters. The number of carbonyl (C=O) groups is 1. The van der Waals surface area contributed by atoms with Gasteiger partial charge in [0.15, 0.2) is 5.78 Å². The summed E-state index contributed by atoms with van der Waals surface area (Å²) in [6.07, 6.45) is 1.25. The number of hydrogen-bond acceptors (Lipinski definition) is 3. The molecule has 1 aliphatic carbocycles.